The van der Waals surface area contributed by atoms with E-state index in [9.17, 15) is 28.0 Å². The van der Waals surface area contributed by atoms with Crippen molar-refractivity contribution >= 4 is 32.3 Å². The van der Waals surface area contributed by atoms with E-state index in [0.29, 0.717) is 10.8 Å². The summed E-state index contributed by atoms with van der Waals surface area (Å²) < 4.78 is 28.5. The molecule has 0 atom stereocenters. The summed E-state index contributed by atoms with van der Waals surface area (Å²) in [6.07, 6.45) is 0. The third kappa shape index (κ3) is 2.72. The Kier molecular flexibility index (Phi) is 4.04. The van der Waals surface area contributed by atoms with E-state index in [4.69, 9.17) is 0 Å². The predicted molar refractivity (Wildman–Crippen MR) is 125 cm³/mol. The molecule has 4 aromatic carbocycles. The molecule has 0 amide bonds. The summed E-state index contributed by atoms with van der Waals surface area (Å²) in [6, 6.07) is 16.0. The molecule has 0 saturated carbocycles. The van der Waals surface area contributed by atoms with E-state index in [1.54, 1.807) is 0 Å². The highest BCUT2D eigenvalue weighted by molar-refractivity contribution is 6.04. The van der Waals surface area contributed by atoms with Crippen molar-refractivity contribution < 1.29 is 8.78 Å². The molecule has 6 rings (SSSR count). The van der Waals surface area contributed by atoms with Gasteiger partial charge < -0.3 is 0 Å². The zero-order chi connectivity index (χ0) is 23.7. The molecule has 0 fully saturated rings. The highest BCUT2D eigenvalue weighted by atomic mass is 19.1. The zero-order valence-corrected chi connectivity index (χ0v) is 17.2. The van der Waals surface area contributed by atoms with Crippen LogP contribution in [0, 0.1) is 11.6 Å². The number of halogens is 2. The van der Waals surface area contributed by atoms with Crippen LogP contribution in [0.25, 0.3) is 43.7 Å². The lowest BCUT2D eigenvalue weighted by Gasteiger charge is -1.99. The van der Waals surface area contributed by atoms with Gasteiger partial charge in [0.25, 0.3) is 22.2 Å². The fourth-order valence-corrected chi connectivity index (χ4v) is 4.37. The van der Waals surface area contributed by atoms with E-state index >= 15 is 0 Å². The third-order valence-electron chi connectivity index (χ3n) is 6.02. The minimum atomic E-state index is -0.565. The summed E-state index contributed by atoms with van der Waals surface area (Å²) in [4.78, 5) is 52.0. The average Bonchev–Trinajstić information content (AvgIpc) is 3.21. The number of nitrogens with zero attached hydrogens (tertiary/aromatic N) is 2. The second kappa shape index (κ2) is 6.89. The van der Waals surface area contributed by atoms with Crippen molar-refractivity contribution in [3.8, 4) is 11.4 Å². The molecule has 0 saturated heterocycles. The predicted octanol–water partition coefficient (Wildman–Crippen LogP) is 3.32. The average molecular weight is 454 g/mol. The van der Waals surface area contributed by atoms with Gasteiger partial charge in [0.1, 0.15) is 11.6 Å². The van der Waals surface area contributed by atoms with Gasteiger partial charge >= 0.3 is 0 Å². The molecule has 0 aliphatic rings. The summed E-state index contributed by atoms with van der Waals surface area (Å²) >= 11 is 0. The third-order valence-corrected chi connectivity index (χ3v) is 6.02. The van der Waals surface area contributed by atoms with Crippen LogP contribution in [0.3, 0.4) is 0 Å². The van der Waals surface area contributed by atoms with Gasteiger partial charge in [-0.05, 0) is 83.6 Å². The quantitative estimate of drug-likeness (QED) is 0.402. The lowest BCUT2D eigenvalue weighted by Crippen LogP contribution is -2.23. The Morgan fingerprint density at radius 2 is 0.706 bits per heavy atom. The molecule has 0 aliphatic carbocycles. The lowest BCUT2D eigenvalue weighted by atomic mass is 10.0. The summed E-state index contributed by atoms with van der Waals surface area (Å²) in [5.74, 6) is -0.991. The fraction of sp³-hybridized carbons (Fsp3) is 0. The van der Waals surface area contributed by atoms with Gasteiger partial charge in [-0.3, -0.25) is 19.2 Å². The Labute approximate surface area is 187 Å². The van der Waals surface area contributed by atoms with Gasteiger partial charge in [0.15, 0.2) is 0 Å². The molecule has 0 bridgehead atoms. The molecule has 0 spiro atoms. The molecule has 8 heteroatoms. The number of benzene rings is 4. The highest BCUT2D eigenvalue weighted by Crippen LogP contribution is 2.24. The summed E-state index contributed by atoms with van der Waals surface area (Å²) in [6.45, 7) is 0. The Morgan fingerprint density at radius 1 is 0.441 bits per heavy atom. The summed E-state index contributed by atoms with van der Waals surface area (Å²) in [5.41, 5.74) is -1.79. The topological polar surface area (TPSA) is 78.1 Å². The molecule has 0 unspecified atom stereocenters. The standard InChI is InChI=1S/C26H12F2N2O4/c27-15-1-5-17(6-2-15)29-23(31)19-9-13-11-21-22(12-14(13)10-20(19)24(29)32)26(34)30(25(21)33)18-7-3-16(28)4-8-18/h1-12H. The van der Waals surface area contributed by atoms with E-state index in [0.717, 1.165) is 33.4 Å². The number of hydrogen-bond donors (Lipinski definition) is 0. The SMILES string of the molecule is O=c1c2cc3cc4c(=O)n(-c5ccc(F)cc5)c(=O)c4cc3cc2c(=O)n1-c1ccc(F)cc1. The Balaban J connectivity index is 1.64. The molecule has 2 heterocycles. The second-order valence-electron chi connectivity index (χ2n) is 7.99. The van der Waals surface area contributed by atoms with Gasteiger partial charge in [-0.15, -0.1) is 0 Å². The van der Waals surface area contributed by atoms with Crippen LogP contribution in [0.15, 0.2) is 92.0 Å². The molecule has 34 heavy (non-hydrogen) atoms. The van der Waals surface area contributed by atoms with Crippen molar-refractivity contribution in [3.63, 3.8) is 0 Å². The smallest absolute Gasteiger partial charge is 0.266 e. The van der Waals surface area contributed by atoms with Crippen molar-refractivity contribution in [2.24, 2.45) is 0 Å². The van der Waals surface area contributed by atoms with E-state index in [1.165, 1.54) is 48.5 Å². The maximum absolute atomic E-state index is 13.3. The highest BCUT2D eigenvalue weighted by Gasteiger charge is 2.19. The van der Waals surface area contributed by atoms with Crippen LogP contribution in [0.1, 0.15) is 0 Å². The first-order valence-electron chi connectivity index (χ1n) is 10.2. The summed E-state index contributed by atoms with van der Waals surface area (Å²) in [7, 11) is 0. The molecular formula is C26H12F2N2O4. The second-order valence-corrected chi connectivity index (χ2v) is 7.99. The van der Waals surface area contributed by atoms with E-state index in [-0.39, 0.29) is 32.9 Å². The summed E-state index contributed by atoms with van der Waals surface area (Å²) in [5, 5.41) is 1.59. The Hall–Kier alpha value is -4.72. The van der Waals surface area contributed by atoms with Crippen LogP contribution in [0.5, 0.6) is 0 Å². The number of rotatable bonds is 2. The molecule has 0 N–H and O–H groups in total. The lowest BCUT2D eigenvalue weighted by molar-refractivity contribution is 0.627. The maximum atomic E-state index is 13.3. The first-order valence-corrected chi connectivity index (χ1v) is 10.2. The van der Waals surface area contributed by atoms with Crippen LogP contribution in [-0.4, -0.2) is 9.13 Å². The molecule has 0 radical (unpaired) electrons. The largest absolute Gasteiger partial charge is 0.268 e. The van der Waals surface area contributed by atoms with Gasteiger partial charge in [-0.25, -0.2) is 17.9 Å². The van der Waals surface area contributed by atoms with Gasteiger partial charge in [0, 0.05) is 0 Å². The van der Waals surface area contributed by atoms with Crippen LogP contribution in [0.2, 0.25) is 0 Å². The van der Waals surface area contributed by atoms with Crippen LogP contribution in [0.4, 0.5) is 8.78 Å². The first-order chi connectivity index (χ1) is 16.3. The van der Waals surface area contributed by atoms with E-state index in [2.05, 4.69) is 0 Å². The first kappa shape index (κ1) is 19.9. The monoisotopic (exact) mass is 454 g/mol. The Morgan fingerprint density at radius 3 is 0.971 bits per heavy atom. The van der Waals surface area contributed by atoms with E-state index < -0.39 is 33.9 Å². The number of aromatic nitrogens is 2. The number of fused-ring (bicyclic) bond motifs is 3. The Bertz CT molecular complexity index is 1750. The molecule has 164 valence electrons. The van der Waals surface area contributed by atoms with Crippen molar-refractivity contribution in [3.05, 3.63) is 126 Å². The van der Waals surface area contributed by atoms with Crippen molar-refractivity contribution in [1.29, 1.82) is 0 Å². The molecule has 6 nitrogen and oxygen atoms in total. The minimum absolute atomic E-state index is 0.147. The van der Waals surface area contributed by atoms with Gasteiger partial charge in [0.2, 0.25) is 0 Å². The maximum Gasteiger partial charge on any atom is 0.266 e. The zero-order valence-electron chi connectivity index (χ0n) is 17.2. The minimum Gasteiger partial charge on any atom is -0.268 e. The van der Waals surface area contributed by atoms with Crippen LogP contribution >= 0.6 is 0 Å². The number of hydrogen-bond acceptors (Lipinski definition) is 4. The van der Waals surface area contributed by atoms with Crippen molar-refractivity contribution in [2.75, 3.05) is 0 Å². The van der Waals surface area contributed by atoms with Crippen molar-refractivity contribution in [1.82, 2.24) is 9.13 Å². The van der Waals surface area contributed by atoms with Gasteiger partial charge in [0.05, 0.1) is 32.9 Å². The van der Waals surface area contributed by atoms with Gasteiger partial charge in [-0.2, -0.15) is 0 Å². The normalized spacial score (nSPS) is 11.7. The molecule has 0 aliphatic heterocycles. The van der Waals surface area contributed by atoms with E-state index in [1.807, 2.05) is 0 Å². The molecule has 2 aromatic heterocycles. The molecular weight excluding hydrogens is 442 g/mol. The molecule has 6 aromatic rings. The van der Waals surface area contributed by atoms with Gasteiger partial charge in [-0.1, -0.05) is 0 Å². The van der Waals surface area contributed by atoms with Crippen molar-refractivity contribution in [2.45, 2.75) is 0 Å². The van der Waals surface area contributed by atoms with Crippen LogP contribution < -0.4 is 22.2 Å². The van der Waals surface area contributed by atoms with Crippen LogP contribution in [-0.2, 0) is 0 Å². The fourth-order valence-electron chi connectivity index (χ4n) is 4.37.